The lowest BCUT2D eigenvalue weighted by Gasteiger charge is -2.35. The second-order valence-electron chi connectivity index (χ2n) is 6.18. The fourth-order valence-corrected chi connectivity index (χ4v) is 2.58. The molecule has 1 saturated heterocycles. The molecular weight excluding hydrogens is 288 g/mol. The molecular formula is C17H24N6. The summed E-state index contributed by atoms with van der Waals surface area (Å²) in [6.07, 6.45) is 3.67. The number of nitrogens with one attached hydrogen (secondary N) is 1. The Morgan fingerprint density at radius 2 is 1.78 bits per heavy atom. The minimum Gasteiger partial charge on any atom is -0.370 e. The summed E-state index contributed by atoms with van der Waals surface area (Å²) < 4.78 is 0. The first-order chi connectivity index (χ1) is 11.2. The van der Waals surface area contributed by atoms with E-state index in [0.717, 1.165) is 50.3 Å². The van der Waals surface area contributed by atoms with Crippen molar-refractivity contribution in [3.8, 4) is 0 Å². The van der Waals surface area contributed by atoms with Crippen molar-refractivity contribution >= 4 is 17.6 Å². The van der Waals surface area contributed by atoms with Gasteiger partial charge in [0.25, 0.3) is 0 Å². The number of hydrogen-bond donors (Lipinski definition) is 1. The summed E-state index contributed by atoms with van der Waals surface area (Å²) >= 11 is 0. The van der Waals surface area contributed by atoms with E-state index in [-0.39, 0.29) is 0 Å². The Balaban J connectivity index is 1.60. The van der Waals surface area contributed by atoms with Gasteiger partial charge >= 0.3 is 0 Å². The average Bonchev–Trinajstić information content (AvgIpc) is 2.61. The minimum atomic E-state index is 0.593. The van der Waals surface area contributed by atoms with E-state index in [1.165, 1.54) is 0 Å². The lowest BCUT2D eigenvalue weighted by Crippen LogP contribution is -2.47. The second-order valence-corrected chi connectivity index (χ2v) is 6.18. The van der Waals surface area contributed by atoms with E-state index in [1.54, 1.807) is 0 Å². The summed E-state index contributed by atoms with van der Waals surface area (Å²) in [6.45, 7) is 8.98. The molecule has 1 aliphatic rings. The van der Waals surface area contributed by atoms with Gasteiger partial charge in [-0.05, 0) is 24.1 Å². The molecule has 1 N–H and O–H groups in total. The molecule has 0 saturated carbocycles. The van der Waals surface area contributed by atoms with Gasteiger partial charge in [-0.1, -0.05) is 19.9 Å². The van der Waals surface area contributed by atoms with Crippen LogP contribution in [-0.2, 0) is 0 Å². The fraction of sp³-hybridized carbons (Fsp3) is 0.471. The standard InChI is InChI=1S/C17H24N6/c1-14(2)13-20-15-6-8-19-17(21-15)23-11-9-22(10-12-23)16-5-3-4-7-18-16/h3-8,14H,9-13H2,1-2H3,(H,19,20,21). The van der Waals surface area contributed by atoms with Crippen molar-refractivity contribution in [1.29, 1.82) is 0 Å². The van der Waals surface area contributed by atoms with Crippen molar-refractivity contribution in [2.24, 2.45) is 5.92 Å². The number of piperazine rings is 1. The molecule has 2 aromatic heterocycles. The Morgan fingerprint density at radius 1 is 1.00 bits per heavy atom. The molecule has 0 aliphatic carbocycles. The number of hydrogen-bond acceptors (Lipinski definition) is 6. The monoisotopic (exact) mass is 312 g/mol. The third-order valence-corrected chi connectivity index (χ3v) is 3.87. The smallest absolute Gasteiger partial charge is 0.227 e. The number of nitrogens with zero attached hydrogens (tertiary/aromatic N) is 5. The topological polar surface area (TPSA) is 57.2 Å². The molecule has 122 valence electrons. The van der Waals surface area contributed by atoms with Crippen LogP contribution in [0.25, 0.3) is 0 Å². The highest BCUT2D eigenvalue weighted by atomic mass is 15.3. The molecule has 0 spiro atoms. The van der Waals surface area contributed by atoms with Crippen molar-refractivity contribution in [1.82, 2.24) is 15.0 Å². The first-order valence-corrected chi connectivity index (χ1v) is 8.20. The van der Waals surface area contributed by atoms with Gasteiger partial charge in [-0.25, -0.2) is 9.97 Å². The zero-order chi connectivity index (χ0) is 16.1. The number of pyridine rings is 1. The molecule has 2 aromatic rings. The van der Waals surface area contributed by atoms with Crippen molar-refractivity contribution < 1.29 is 0 Å². The van der Waals surface area contributed by atoms with Gasteiger partial charge in [0.2, 0.25) is 5.95 Å². The molecule has 6 nitrogen and oxygen atoms in total. The number of aromatic nitrogens is 3. The molecule has 0 unspecified atom stereocenters. The van der Waals surface area contributed by atoms with E-state index in [4.69, 9.17) is 0 Å². The molecule has 0 atom stereocenters. The molecule has 6 heteroatoms. The maximum absolute atomic E-state index is 4.64. The van der Waals surface area contributed by atoms with E-state index in [2.05, 4.69) is 50.0 Å². The molecule has 1 fully saturated rings. The van der Waals surface area contributed by atoms with Gasteiger partial charge in [0.1, 0.15) is 11.6 Å². The SMILES string of the molecule is CC(C)CNc1ccnc(N2CCN(c3ccccn3)CC2)n1. The summed E-state index contributed by atoms with van der Waals surface area (Å²) in [4.78, 5) is 18.0. The summed E-state index contributed by atoms with van der Waals surface area (Å²) in [5.41, 5.74) is 0. The Bertz CT molecular complexity index is 607. The summed E-state index contributed by atoms with van der Waals surface area (Å²) in [6, 6.07) is 7.96. The van der Waals surface area contributed by atoms with Gasteiger partial charge in [0, 0.05) is 45.1 Å². The fourth-order valence-electron chi connectivity index (χ4n) is 2.58. The normalized spacial score (nSPS) is 15.1. The van der Waals surface area contributed by atoms with Crippen LogP contribution in [-0.4, -0.2) is 47.7 Å². The highest BCUT2D eigenvalue weighted by molar-refractivity contribution is 5.44. The second kappa shape index (κ2) is 7.26. The molecule has 23 heavy (non-hydrogen) atoms. The highest BCUT2D eigenvalue weighted by Gasteiger charge is 2.19. The average molecular weight is 312 g/mol. The maximum atomic E-state index is 4.64. The highest BCUT2D eigenvalue weighted by Crippen LogP contribution is 2.17. The first-order valence-electron chi connectivity index (χ1n) is 8.20. The van der Waals surface area contributed by atoms with Crippen molar-refractivity contribution in [2.45, 2.75) is 13.8 Å². The summed E-state index contributed by atoms with van der Waals surface area (Å²) in [5, 5.41) is 3.36. The predicted molar refractivity (Wildman–Crippen MR) is 94.0 cm³/mol. The van der Waals surface area contributed by atoms with E-state index in [0.29, 0.717) is 5.92 Å². The summed E-state index contributed by atoms with van der Waals surface area (Å²) in [7, 11) is 0. The van der Waals surface area contributed by atoms with Crippen LogP contribution >= 0.6 is 0 Å². The summed E-state index contributed by atoms with van der Waals surface area (Å²) in [5.74, 6) is 3.34. The Hall–Kier alpha value is -2.37. The maximum Gasteiger partial charge on any atom is 0.227 e. The molecule has 3 rings (SSSR count). The predicted octanol–water partition coefficient (Wildman–Crippen LogP) is 2.27. The zero-order valence-corrected chi connectivity index (χ0v) is 13.8. The Kier molecular flexibility index (Phi) is 4.90. The number of rotatable bonds is 5. The van der Waals surface area contributed by atoms with Gasteiger partial charge in [-0.2, -0.15) is 4.98 Å². The first kappa shape index (κ1) is 15.5. The third kappa shape index (κ3) is 4.09. The van der Waals surface area contributed by atoms with Crippen LogP contribution in [0, 0.1) is 5.92 Å². The molecule has 0 bridgehead atoms. The molecule has 1 aliphatic heterocycles. The van der Waals surface area contributed by atoms with Crippen LogP contribution in [0.5, 0.6) is 0 Å². The van der Waals surface area contributed by atoms with E-state index in [9.17, 15) is 0 Å². The van der Waals surface area contributed by atoms with Gasteiger partial charge in [-0.3, -0.25) is 0 Å². The zero-order valence-electron chi connectivity index (χ0n) is 13.8. The van der Waals surface area contributed by atoms with Gasteiger partial charge in [0.05, 0.1) is 0 Å². The van der Waals surface area contributed by atoms with E-state index in [1.807, 2.05) is 30.6 Å². The molecule has 0 aromatic carbocycles. The van der Waals surface area contributed by atoms with E-state index >= 15 is 0 Å². The van der Waals surface area contributed by atoms with Crippen LogP contribution in [0.3, 0.4) is 0 Å². The van der Waals surface area contributed by atoms with Gasteiger partial charge in [-0.15, -0.1) is 0 Å². The quantitative estimate of drug-likeness (QED) is 0.914. The van der Waals surface area contributed by atoms with Crippen LogP contribution in [0.1, 0.15) is 13.8 Å². The number of anilines is 3. The molecule has 0 radical (unpaired) electrons. The molecule has 3 heterocycles. The molecule has 0 amide bonds. The van der Waals surface area contributed by atoms with Crippen molar-refractivity contribution in [3.63, 3.8) is 0 Å². The van der Waals surface area contributed by atoms with Crippen LogP contribution in [0.4, 0.5) is 17.6 Å². The Labute approximate surface area is 137 Å². The van der Waals surface area contributed by atoms with E-state index < -0.39 is 0 Å². The third-order valence-electron chi connectivity index (χ3n) is 3.87. The van der Waals surface area contributed by atoms with Crippen LogP contribution in [0.15, 0.2) is 36.7 Å². The largest absolute Gasteiger partial charge is 0.370 e. The minimum absolute atomic E-state index is 0.593. The van der Waals surface area contributed by atoms with Crippen LogP contribution in [0.2, 0.25) is 0 Å². The lowest BCUT2D eigenvalue weighted by atomic mass is 10.2. The van der Waals surface area contributed by atoms with Crippen molar-refractivity contribution in [3.05, 3.63) is 36.7 Å². The van der Waals surface area contributed by atoms with Gasteiger partial charge < -0.3 is 15.1 Å². The Morgan fingerprint density at radius 3 is 2.48 bits per heavy atom. The lowest BCUT2D eigenvalue weighted by molar-refractivity contribution is 0.634. The van der Waals surface area contributed by atoms with Crippen LogP contribution < -0.4 is 15.1 Å². The van der Waals surface area contributed by atoms with Gasteiger partial charge in [0.15, 0.2) is 0 Å². The van der Waals surface area contributed by atoms with Crippen molar-refractivity contribution in [2.75, 3.05) is 47.8 Å².